The van der Waals surface area contributed by atoms with Gasteiger partial charge in [0.1, 0.15) is 16.9 Å². The van der Waals surface area contributed by atoms with Gasteiger partial charge in [-0.05, 0) is 49.2 Å². The molecule has 0 bridgehead atoms. The highest BCUT2D eigenvalue weighted by molar-refractivity contribution is 8.14. The molecule has 0 fully saturated rings. The summed E-state index contributed by atoms with van der Waals surface area (Å²) in [6.45, 7) is 7.80. The summed E-state index contributed by atoms with van der Waals surface area (Å²) in [6.07, 6.45) is 0.678. The summed E-state index contributed by atoms with van der Waals surface area (Å²) in [5, 5.41) is 8.56. The van der Waals surface area contributed by atoms with Crippen LogP contribution in [0, 0.1) is 13.8 Å². The molecule has 7 nitrogen and oxygen atoms in total. The molecule has 0 saturated heterocycles. The lowest BCUT2D eigenvalue weighted by atomic mass is 10.1. The van der Waals surface area contributed by atoms with Gasteiger partial charge in [0.2, 0.25) is 11.8 Å². The van der Waals surface area contributed by atoms with Gasteiger partial charge in [-0.3, -0.25) is 9.59 Å². The highest BCUT2D eigenvalue weighted by Crippen LogP contribution is 2.43. The molecule has 0 aliphatic carbocycles. The minimum atomic E-state index is -0.491. The second kappa shape index (κ2) is 10.7. The monoisotopic (exact) mass is 475 g/mol. The van der Waals surface area contributed by atoms with E-state index in [0.717, 1.165) is 16.9 Å². The highest BCUT2D eigenvalue weighted by atomic mass is 35.5. The van der Waals surface area contributed by atoms with Gasteiger partial charge < -0.3 is 14.8 Å². The molecule has 0 aromatic heterocycles. The van der Waals surface area contributed by atoms with Gasteiger partial charge >= 0.3 is 0 Å². The average Bonchev–Trinajstić information content (AvgIpc) is 3.14. The van der Waals surface area contributed by atoms with Gasteiger partial charge in [0.25, 0.3) is 0 Å². The number of hydrogen-bond acceptors (Lipinski definition) is 6. The lowest BCUT2D eigenvalue weighted by molar-refractivity contribution is -0.129. The molecule has 32 heavy (non-hydrogen) atoms. The van der Waals surface area contributed by atoms with Crippen LogP contribution in [0.1, 0.15) is 42.3 Å². The van der Waals surface area contributed by atoms with E-state index in [4.69, 9.17) is 21.1 Å². The number of hydrogen-bond donors (Lipinski definition) is 1. The fourth-order valence-corrected chi connectivity index (χ4v) is 4.43. The number of ether oxygens (including phenoxy) is 2. The third-order valence-electron chi connectivity index (χ3n) is 4.63. The Hall–Kier alpha value is -2.71. The summed E-state index contributed by atoms with van der Waals surface area (Å²) in [5.41, 5.74) is 2.95. The van der Waals surface area contributed by atoms with Crippen molar-refractivity contribution >= 4 is 40.3 Å². The molecule has 0 radical (unpaired) electrons. The molecule has 1 aliphatic heterocycles. The van der Waals surface area contributed by atoms with Crippen molar-refractivity contribution in [2.75, 3.05) is 13.2 Å². The van der Waals surface area contributed by atoms with Gasteiger partial charge in [-0.2, -0.15) is 0 Å². The maximum Gasteiger partial charge on any atom is 0.241 e. The summed E-state index contributed by atoms with van der Waals surface area (Å²) >= 11 is 7.48. The van der Waals surface area contributed by atoms with Crippen LogP contribution in [0.25, 0.3) is 0 Å². The Morgan fingerprint density at radius 1 is 1.09 bits per heavy atom. The van der Waals surface area contributed by atoms with E-state index in [9.17, 15) is 9.59 Å². The first-order valence-corrected chi connectivity index (χ1v) is 11.5. The van der Waals surface area contributed by atoms with E-state index >= 15 is 0 Å². The van der Waals surface area contributed by atoms with E-state index < -0.39 is 5.37 Å². The zero-order valence-electron chi connectivity index (χ0n) is 18.5. The van der Waals surface area contributed by atoms with E-state index in [-0.39, 0.29) is 11.8 Å². The summed E-state index contributed by atoms with van der Waals surface area (Å²) in [4.78, 5) is 23.6. The van der Waals surface area contributed by atoms with Crippen molar-refractivity contribution in [1.29, 1.82) is 0 Å². The molecule has 1 atom stereocenters. The van der Waals surface area contributed by atoms with Crippen LogP contribution in [0.3, 0.4) is 0 Å². The topological polar surface area (TPSA) is 80.2 Å². The predicted octanol–water partition coefficient (Wildman–Crippen LogP) is 4.81. The van der Waals surface area contributed by atoms with Crippen LogP contribution in [-0.2, 0) is 9.59 Å². The van der Waals surface area contributed by atoms with E-state index in [0.29, 0.717) is 41.1 Å². The Labute approximate surface area is 197 Å². The lowest BCUT2D eigenvalue weighted by Crippen LogP contribution is -2.25. The van der Waals surface area contributed by atoms with Gasteiger partial charge in [0.15, 0.2) is 5.17 Å². The molecule has 1 heterocycles. The molecule has 0 spiro atoms. The largest absolute Gasteiger partial charge is 0.493 e. The third kappa shape index (κ3) is 6.17. The molecular formula is C23H26ClN3O4S. The molecule has 2 aromatic carbocycles. The van der Waals surface area contributed by atoms with Crippen LogP contribution in [-0.4, -0.2) is 35.2 Å². The second-order valence-electron chi connectivity index (χ2n) is 7.42. The minimum absolute atomic E-state index is 0.254. The number of thioether (sulfide) groups is 1. The Kier molecular flexibility index (Phi) is 8.04. The molecule has 1 N–H and O–H groups in total. The maximum atomic E-state index is 12.1. The molecular weight excluding hydrogens is 450 g/mol. The van der Waals surface area contributed by atoms with Crippen molar-refractivity contribution in [3.05, 3.63) is 58.1 Å². The normalized spacial score (nSPS) is 15.3. The maximum absolute atomic E-state index is 12.1. The van der Waals surface area contributed by atoms with Crippen molar-refractivity contribution in [1.82, 2.24) is 10.3 Å². The Morgan fingerprint density at radius 3 is 2.50 bits per heavy atom. The smallest absolute Gasteiger partial charge is 0.241 e. The number of carbonyl (C=O) groups is 2. The zero-order valence-corrected chi connectivity index (χ0v) is 20.0. The van der Waals surface area contributed by atoms with Crippen LogP contribution < -0.4 is 14.8 Å². The van der Waals surface area contributed by atoms with Gasteiger partial charge in [0, 0.05) is 30.9 Å². The van der Waals surface area contributed by atoms with Crippen LogP contribution in [0.2, 0.25) is 5.02 Å². The number of nitrogens with zero attached hydrogens (tertiary/aromatic N) is 2. The standard InChI is InChI=1S/C23H26ClN3O4S/c1-14-6-7-15(2)21(12-14)31-11-5-10-30-20-9-8-18(24)13-19(20)22-27(17(4)29)26-23(32-22)25-16(3)28/h6-9,12-13,22H,5,10-11H2,1-4H3,(H,25,26,28). The van der Waals surface area contributed by atoms with Gasteiger partial charge in [-0.15, -0.1) is 5.10 Å². The SMILES string of the molecule is CC(=O)NC1=NN(C(C)=O)C(c2cc(Cl)ccc2OCCCOc2cc(C)ccc2C)S1. The number of halogens is 1. The second-order valence-corrected chi connectivity index (χ2v) is 8.93. The number of benzene rings is 2. The van der Waals surface area contributed by atoms with E-state index in [2.05, 4.69) is 16.5 Å². The lowest BCUT2D eigenvalue weighted by Gasteiger charge is -2.22. The highest BCUT2D eigenvalue weighted by Gasteiger charge is 2.34. The molecule has 9 heteroatoms. The van der Waals surface area contributed by atoms with Crippen molar-refractivity contribution in [3.63, 3.8) is 0 Å². The van der Waals surface area contributed by atoms with E-state index in [1.54, 1.807) is 18.2 Å². The third-order valence-corrected chi connectivity index (χ3v) is 5.95. The first kappa shape index (κ1) is 23.9. The molecule has 1 unspecified atom stereocenters. The molecule has 170 valence electrons. The molecule has 2 amide bonds. The van der Waals surface area contributed by atoms with Gasteiger partial charge in [-0.25, -0.2) is 5.01 Å². The Morgan fingerprint density at radius 2 is 1.81 bits per heavy atom. The van der Waals surface area contributed by atoms with E-state index in [1.165, 1.54) is 30.6 Å². The number of carbonyl (C=O) groups excluding carboxylic acids is 2. The number of aryl methyl sites for hydroxylation is 2. The van der Waals surface area contributed by atoms with Crippen molar-refractivity contribution in [2.45, 2.75) is 39.5 Å². The number of amidine groups is 1. The predicted molar refractivity (Wildman–Crippen MR) is 127 cm³/mol. The van der Waals surface area contributed by atoms with Gasteiger partial charge in [-0.1, -0.05) is 35.5 Å². The fraction of sp³-hybridized carbons (Fsp3) is 0.348. The van der Waals surface area contributed by atoms with Crippen LogP contribution in [0.15, 0.2) is 41.5 Å². The zero-order chi connectivity index (χ0) is 23.3. The summed E-state index contributed by atoms with van der Waals surface area (Å²) < 4.78 is 11.9. The Balaban J connectivity index is 1.65. The van der Waals surface area contributed by atoms with Gasteiger partial charge in [0.05, 0.1) is 13.2 Å². The first-order chi connectivity index (χ1) is 15.2. The summed E-state index contributed by atoms with van der Waals surface area (Å²) in [5.74, 6) is 0.964. The molecule has 3 rings (SSSR count). The minimum Gasteiger partial charge on any atom is -0.493 e. The number of nitrogens with one attached hydrogen (secondary N) is 1. The summed E-state index contributed by atoms with van der Waals surface area (Å²) in [6, 6.07) is 11.4. The fourth-order valence-electron chi connectivity index (χ4n) is 3.10. The molecule has 0 saturated carbocycles. The van der Waals surface area contributed by atoms with E-state index in [1.807, 2.05) is 26.0 Å². The van der Waals surface area contributed by atoms with Crippen molar-refractivity contribution in [2.24, 2.45) is 5.10 Å². The Bertz CT molecular complexity index is 1040. The van der Waals surface area contributed by atoms with Crippen LogP contribution >= 0.6 is 23.4 Å². The number of rotatable bonds is 7. The summed E-state index contributed by atoms with van der Waals surface area (Å²) in [7, 11) is 0. The molecule has 1 aliphatic rings. The van der Waals surface area contributed by atoms with Crippen LogP contribution in [0.4, 0.5) is 0 Å². The number of amides is 2. The van der Waals surface area contributed by atoms with Crippen molar-refractivity contribution < 1.29 is 19.1 Å². The number of hydrazone groups is 1. The molecule has 2 aromatic rings. The quantitative estimate of drug-likeness (QED) is 0.581. The van der Waals surface area contributed by atoms with Crippen molar-refractivity contribution in [3.8, 4) is 11.5 Å². The first-order valence-electron chi connectivity index (χ1n) is 10.2. The average molecular weight is 476 g/mol. The van der Waals surface area contributed by atoms with Crippen LogP contribution in [0.5, 0.6) is 11.5 Å².